The second-order valence-electron chi connectivity index (χ2n) is 5.31. The second-order valence-corrected chi connectivity index (χ2v) is 5.31. The van der Waals surface area contributed by atoms with Crippen LogP contribution in [0, 0.1) is 11.2 Å². The molecule has 1 aromatic heterocycles. The number of hydrogen-bond donors (Lipinski definition) is 2. The highest BCUT2D eigenvalue weighted by Crippen LogP contribution is 2.43. The first-order valence-electron chi connectivity index (χ1n) is 6.60. The molecule has 1 saturated carbocycles. The smallest absolute Gasteiger partial charge is 0.201 e. The molecule has 0 radical (unpaired) electrons. The molecule has 0 aliphatic heterocycles. The van der Waals surface area contributed by atoms with Gasteiger partial charge in [0.1, 0.15) is 5.82 Å². The SMILES string of the molecule is CCC1(CNc2nc3ccc(F)cc3[nH]2)CCC1. The predicted molar refractivity (Wildman–Crippen MR) is 71.1 cm³/mol. The number of nitrogens with zero attached hydrogens (tertiary/aromatic N) is 1. The molecule has 1 aliphatic carbocycles. The fourth-order valence-electron chi connectivity index (χ4n) is 2.67. The molecule has 1 aliphatic rings. The van der Waals surface area contributed by atoms with Crippen LogP contribution in [0.3, 0.4) is 0 Å². The van der Waals surface area contributed by atoms with E-state index < -0.39 is 0 Å². The summed E-state index contributed by atoms with van der Waals surface area (Å²) in [7, 11) is 0. The molecule has 18 heavy (non-hydrogen) atoms. The molecule has 1 aromatic carbocycles. The Kier molecular flexibility index (Phi) is 2.73. The summed E-state index contributed by atoms with van der Waals surface area (Å²) < 4.78 is 13.1. The lowest BCUT2D eigenvalue weighted by Crippen LogP contribution is -2.36. The molecule has 0 amide bonds. The third-order valence-corrected chi connectivity index (χ3v) is 4.24. The first-order chi connectivity index (χ1) is 8.71. The molecular formula is C14H18FN3. The molecule has 2 N–H and O–H groups in total. The van der Waals surface area contributed by atoms with Gasteiger partial charge in [-0.05, 0) is 42.9 Å². The van der Waals surface area contributed by atoms with Gasteiger partial charge in [-0.1, -0.05) is 13.3 Å². The summed E-state index contributed by atoms with van der Waals surface area (Å²) in [5.74, 6) is 0.511. The number of anilines is 1. The topological polar surface area (TPSA) is 40.7 Å². The fourth-order valence-corrected chi connectivity index (χ4v) is 2.67. The van der Waals surface area contributed by atoms with Gasteiger partial charge in [-0.15, -0.1) is 0 Å². The van der Waals surface area contributed by atoms with Crippen LogP contribution in [0.15, 0.2) is 18.2 Å². The van der Waals surface area contributed by atoms with Crippen molar-refractivity contribution in [2.75, 3.05) is 11.9 Å². The van der Waals surface area contributed by atoms with Gasteiger partial charge in [0.15, 0.2) is 0 Å². The molecule has 4 heteroatoms. The number of hydrogen-bond acceptors (Lipinski definition) is 2. The molecule has 96 valence electrons. The van der Waals surface area contributed by atoms with Gasteiger partial charge >= 0.3 is 0 Å². The molecule has 1 heterocycles. The fraction of sp³-hybridized carbons (Fsp3) is 0.500. The van der Waals surface area contributed by atoms with Crippen molar-refractivity contribution in [2.45, 2.75) is 32.6 Å². The monoisotopic (exact) mass is 247 g/mol. The van der Waals surface area contributed by atoms with E-state index in [2.05, 4.69) is 22.2 Å². The Morgan fingerprint density at radius 1 is 1.44 bits per heavy atom. The molecule has 1 fully saturated rings. The average Bonchev–Trinajstić information content (AvgIpc) is 2.70. The van der Waals surface area contributed by atoms with Gasteiger partial charge in [-0.3, -0.25) is 0 Å². The number of fused-ring (bicyclic) bond motifs is 1. The van der Waals surface area contributed by atoms with Crippen LogP contribution in [0.25, 0.3) is 11.0 Å². The van der Waals surface area contributed by atoms with Crippen molar-refractivity contribution in [3.8, 4) is 0 Å². The number of aromatic amines is 1. The van der Waals surface area contributed by atoms with Crippen molar-refractivity contribution in [3.63, 3.8) is 0 Å². The van der Waals surface area contributed by atoms with Crippen molar-refractivity contribution in [1.29, 1.82) is 0 Å². The maximum atomic E-state index is 13.1. The van der Waals surface area contributed by atoms with Crippen LogP contribution >= 0.6 is 0 Å². The Hall–Kier alpha value is -1.58. The van der Waals surface area contributed by atoms with Gasteiger partial charge < -0.3 is 10.3 Å². The van der Waals surface area contributed by atoms with Gasteiger partial charge in [-0.25, -0.2) is 9.37 Å². The second kappa shape index (κ2) is 4.26. The zero-order chi connectivity index (χ0) is 12.6. The van der Waals surface area contributed by atoms with Crippen LogP contribution < -0.4 is 5.32 Å². The highest BCUT2D eigenvalue weighted by atomic mass is 19.1. The van der Waals surface area contributed by atoms with E-state index in [9.17, 15) is 4.39 Å². The lowest BCUT2D eigenvalue weighted by atomic mass is 9.67. The third kappa shape index (κ3) is 1.96. The molecule has 2 aromatic rings. The molecule has 0 spiro atoms. The molecule has 3 rings (SSSR count). The van der Waals surface area contributed by atoms with E-state index in [0.29, 0.717) is 5.41 Å². The minimum absolute atomic E-state index is 0.235. The highest BCUT2D eigenvalue weighted by Gasteiger charge is 2.34. The number of nitrogens with one attached hydrogen (secondary N) is 2. The van der Waals surface area contributed by atoms with Crippen molar-refractivity contribution < 1.29 is 4.39 Å². The molecule has 3 nitrogen and oxygen atoms in total. The normalized spacial score (nSPS) is 17.7. The number of imidazole rings is 1. The summed E-state index contributed by atoms with van der Waals surface area (Å²) in [5, 5.41) is 3.36. The van der Waals surface area contributed by atoms with Crippen molar-refractivity contribution in [1.82, 2.24) is 9.97 Å². The maximum Gasteiger partial charge on any atom is 0.201 e. The number of halogens is 1. The van der Waals surface area contributed by atoms with E-state index in [-0.39, 0.29) is 5.82 Å². The van der Waals surface area contributed by atoms with Gasteiger partial charge in [0.25, 0.3) is 0 Å². The summed E-state index contributed by atoms with van der Waals surface area (Å²) >= 11 is 0. The van der Waals surface area contributed by atoms with Crippen LogP contribution in [0.1, 0.15) is 32.6 Å². The van der Waals surface area contributed by atoms with E-state index in [1.54, 1.807) is 6.07 Å². The number of benzene rings is 1. The largest absolute Gasteiger partial charge is 0.355 e. The van der Waals surface area contributed by atoms with E-state index in [1.165, 1.54) is 37.8 Å². The van der Waals surface area contributed by atoms with Gasteiger partial charge in [0.05, 0.1) is 11.0 Å². The summed E-state index contributed by atoms with van der Waals surface area (Å²) in [4.78, 5) is 7.54. The van der Waals surface area contributed by atoms with Crippen LogP contribution in [-0.2, 0) is 0 Å². The zero-order valence-corrected chi connectivity index (χ0v) is 10.6. The van der Waals surface area contributed by atoms with Crippen molar-refractivity contribution in [3.05, 3.63) is 24.0 Å². The predicted octanol–water partition coefficient (Wildman–Crippen LogP) is 3.69. The summed E-state index contributed by atoms with van der Waals surface area (Å²) in [5.41, 5.74) is 2.00. The van der Waals surface area contributed by atoms with Crippen LogP contribution in [0.2, 0.25) is 0 Å². The van der Waals surface area contributed by atoms with E-state index in [4.69, 9.17) is 0 Å². The standard InChI is InChI=1S/C14H18FN3/c1-2-14(6-3-7-14)9-16-13-17-11-5-4-10(15)8-12(11)18-13/h4-5,8H,2-3,6-7,9H2,1H3,(H2,16,17,18). The Labute approximate surface area is 106 Å². The van der Waals surface area contributed by atoms with Gasteiger partial charge in [-0.2, -0.15) is 0 Å². The Bertz CT molecular complexity index is 552. The molecule has 0 unspecified atom stereocenters. The lowest BCUT2D eigenvalue weighted by molar-refractivity contribution is 0.145. The van der Waals surface area contributed by atoms with Crippen molar-refractivity contribution in [2.24, 2.45) is 5.41 Å². The third-order valence-electron chi connectivity index (χ3n) is 4.24. The van der Waals surface area contributed by atoms with Crippen LogP contribution in [-0.4, -0.2) is 16.5 Å². The van der Waals surface area contributed by atoms with Gasteiger partial charge in [0, 0.05) is 6.54 Å². The quantitative estimate of drug-likeness (QED) is 0.865. The summed E-state index contributed by atoms with van der Waals surface area (Å²) in [6, 6.07) is 4.62. The average molecular weight is 247 g/mol. The van der Waals surface area contributed by atoms with E-state index >= 15 is 0 Å². The highest BCUT2D eigenvalue weighted by molar-refractivity contribution is 5.77. The first kappa shape index (κ1) is 11.5. The Balaban J connectivity index is 1.74. The number of rotatable bonds is 4. The number of aromatic nitrogens is 2. The minimum Gasteiger partial charge on any atom is -0.355 e. The Morgan fingerprint density at radius 2 is 2.28 bits per heavy atom. The molecule has 0 atom stereocenters. The molecular weight excluding hydrogens is 229 g/mol. The van der Waals surface area contributed by atoms with E-state index in [1.807, 2.05) is 0 Å². The molecule has 0 bridgehead atoms. The zero-order valence-electron chi connectivity index (χ0n) is 10.6. The maximum absolute atomic E-state index is 13.1. The van der Waals surface area contributed by atoms with E-state index in [0.717, 1.165) is 23.5 Å². The van der Waals surface area contributed by atoms with Crippen LogP contribution in [0.4, 0.5) is 10.3 Å². The first-order valence-corrected chi connectivity index (χ1v) is 6.60. The summed E-state index contributed by atoms with van der Waals surface area (Å²) in [6.45, 7) is 3.20. The Morgan fingerprint density at radius 3 is 2.94 bits per heavy atom. The van der Waals surface area contributed by atoms with Crippen molar-refractivity contribution >= 4 is 17.0 Å². The minimum atomic E-state index is -0.235. The molecule has 0 saturated heterocycles. The van der Waals surface area contributed by atoms with Crippen LogP contribution in [0.5, 0.6) is 0 Å². The number of H-pyrrole nitrogens is 1. The summed E-state index contributed by atoms with van der Waals surface area (Å²) in [6.07, 6.45) is 5.13. The lowest BCUT2D eigenvalue weighted by Gasteiger charge is -2.41. The van der Waals surface area contributed by atoms with Gasteiger partial charge in [0.2, 0.25) is 5.95 Å².